The summed E-state index contributed by atoms with van der Waals surface area (Å²) in [5.41, 5.74) is 2.03. The predicted octanol–water partition coefficient (Wildman–Crippen LogP) is 1.71. The Morgan fingerprint density at radius 2 is 1.96 bits per heavy atom. The summed E-state index contributed by atoms with van der Waals surface area (Å²) in [7, 11) is 1.84. The van der Waals surface area contributed by atoms with Gasteiger partial charge < -0.3 is 14.5 Å². The Hall–Kier alpha value is -2.41. The molecule has 122 valence electrons. The molecule has 1 fully saturated rings. The molecule has 1 aliphatic rings. The van der Waals surface area contributed by atoms with Crippen molar-refractivity contribution in [3.63, 3.8) is 0 Å². The van der Waals surface area contributed by atoms with E-state index < -0.39 is 0 Å². The second kappa shape index (κ2) is 6.78. The van der Waals surface area contributed by atoms with Gasteiger partial charge in [0.2, 0.25) is 0 Å². The molecule has 2 aromatic rings. The molecule has 0 N–H and O–H groups in total. The average molecular weight is 315 g/mol. The normalized spacial score (nSPS) is 16.2. The maximum Gasteiger partial charge on any atom is 0.320 e. The highest BCUT2D eigenvalue weighted by Crippen LogP contribution is 2.21. The number of morpholine rings is 1. The monoisotopic (exact) mass is 315 g/mol. The smallest absolute Gasteiger partial charge is 0.320 e. The van der Waals surface area contributed by atoms with Gasteiger partial charge >= 0.3 is 6.03 Å². The van der Waals surface area contributed by atoms with Gasteiger partial charge in [0, 0.05) is 20.1 Å². The van der Waals surface area contributed by atoms with Crippen LogP contribution in [0.25, 0.3) is 5.69 Å². The van der Waals surface area contributed by atoms with E-state index in [1.54, 1.807) is 15.9 Å². The number of ether oxygens (including phenoxy) is 1. The van der Waals surface area contributed by atoms with Gasteiger partial charge in [-0.15, -0.1) is 0 Å². The van der Waals surface area contributed by atoms with Crippen LogP contribution in [0, 0.1) is 0 Å². The van der Waals surface area contributed by atoms with Gasteiger partial charge in [-0.25, -0.2) is 14.5 Å². The highest BCUT2D eigenvalue weighted by molar-refractivity contribution is 5.74. The van der Waals surface area contributed by atoms with Crippen LogP contribution in [-0.2, 0) is 4.74 Å². The van der Waals surface area contributed by atoms with Crippen molar-refractivity contribution in [2.45, 2.75) is 13.0 Å². The van der Waals surface area contributed by atoms with E-state index in [1.165, 1.54) is 6.33 Å². The van der Waals surface area contributed by atoms with Crippen molar-refractivity contribution in [1.29, 1.82) is 0 Å². The van der Waals surface area contributed by atoms with E-state index in [9.17, 15) is 4.79 Å². The minimum Gasteiger partial charge on any atom is -0.378 e. The van der Waals surface area contributed by atoms with Crippen LogP contribution < -0.4 is 0 Å². The van der Waals surface area contributed by atoms with Crippen LogP contribution in [0.5, 0.6) is 0 Å². The Labute approximate surface area is 135 Å². The first-order valence-corrected chi connectivity index (χ1v) is 7.71. The lowest BCUT2D eigenvalue weighted by Gasteiger charge is -2.34. The van der Waals surface area contributed by atoms with Gasteiger partial charge in [0.25, 0.3) is 0 Å². The lowest BCUT2D eigenvalue weighted by Crippen LogP contribution is -2.47. The van der Waals surface area contributed by atoms with Crippen molar-refractivity contribution < 1.29 is 9.53 Å². The number of nitrogens with zero attached hydrogens (tertiary/aromatic N) is 5. The summed E-state index contributed by atoms with van der Waals surface area (Å²) >= 11 is 0. The topological polar surface area (TPSA) is 63.5 Å². The van der Waals surface area contributed by atoms with Crippen LogP contribution >= 0.6 is 0 Å². The quantitative estimate of drug-likeness (QED) is 0.865. The summed E-state index contributed by atoms with van der Waals surface area (Å²) in [6.45, 7) is 4.56. The molecule has 1 atom stereocenters. The summed E-state index contributed by atoms with van der Waals surface area (Å²) in [6, 6.07) is 8.03. The zero-order chi connectivity index (χ0) is 16.2. The van der Waals surface area contributed by atoms with Crippen LogP contribution in [0.2, 0.25) is 0 Å². The van der Waals surface area contributed by atoms with Crippen LogP contribution in [0.1, 0.15) is 18.5 Å². The van der Waals surface area contributed by atoms with E-state index in [4.69, 9.17) is 4.74 Å². The number of hydrogen-bond acceptors (Lipinski definition) is 4. The molecule has 0 spiro atoms. The van der Waals surface area contributed by atoms with Crippen molar-refractivity contribution >= 4 is 6.03 Å². The third-order valence-electron chi connectivity index (χ3n) is 4.22. The fraction of sp³-hybridized carbons (Fsp3) is 0.438. The predicted molar refractivity (Wildman–Crippen MR) is 85.3 cm³/mol. The van der Waals surface area contributed by atoms with Gasteiger partial charge in [0.1, 0.15) is 12.7 Å². The van der Waals surface area contributed by atoms with Crippen LogP contribution in [0.3, 0.4) is 0 Å². The van der Waals surface area contributed by atoms with E-state index in [1.807, 2.05) is 43.1 Å². The molecule has 0 aliphatic carbocycles. The maximum atomic E-state index is 12.5. The van der Waals surface area contributed by atoms with E-state index in [0.717, 1.165) is 11.3 Å². The van der Waals surface area contributed by atoms with E-state index in [0.29, 0.717) is 26.3 Å². The molecule has 1 saturated heterocycles. The number of carbonyl (C=O) groups excluding carboxylic acids is 1. The van der Waals surface area contributed by atoms with Crippen LogP contribution in [0.15, 0.2) is 36.9 Å². The first-order chi connectivity index (χ1) is 11.2. The highest BCUT2D eigenvalue weighted by atomic mass is 16.5. The van der Waals surface area contributed by atoms with Gasteiger partial charge in [-0.3, -0.25) is 0 Å². The van der Waals surface area contributed by atoms with Crippen LogP contribution in [-0.4, -0.2) is 63.9 Å². The molecule has 23 heavy (non-hydrogen) atoms. The Balaban J connectivity index is 1.69. The Morgan fingerprint density at radius 3 is 2.57 bits per heavy atom. The molecule has 2 heterocycles. The van der Waals surface area contributed by atoms with Crippen molar-refractivity contribution in [2.24, 2.45) is 0 Å². The molecule has 7 nitrogen and oxygen atoms in total. The molecule has 0 radical (unpaired) electrons. The van der Waals surface area contributed by atoms with Crippen molar-refractivity contribution in [3.8, 4) is 5.69 Å². The number of rotatable bonds is 3. The SMILES string of the molecule is CC(c1ccc(-n2cncn2)cc1)N(C)C(=O)N1CCOCC1. The zero-order valence-corrected chi connectivity index (χ0v) is 13.4. The number of amides is 2. The highest BCUT2D eigenvalue weighted by Gasteiger charge is 2.24. The largest absolute Gasteiger partial charge is 0.378 e. The molecule has 7 heteroatoms. The summed E-state index contributed by atoms with van der Waals surface area (Å²) < 4.78 is 7.00. The van der Waals surface area contributed by atoms with Gasteiger partial charge in [0.05, 0.1) is 24.9 Å². The second-order valence-corrected chi connectivity index (χ2v) is 5.60. The van der Waals surface area contributed by atoms with Crippen LogP contribution in [0.4, 0.5) is 4.79 Å². The summed E-state index contributed by atoms with van der Waals surface area (Å²) in [5, 5.41) is 4.11. The Kier molecular flexibility index (Phi) is 4.57. The van der Waals surface area contributed by atoms with Crippen molar-refractivity contribution in [2.75, 3.05) is 33.4 Å². The molecule has 1 aromatic heterocycles. The van der Waals surface area contributed by atoms with Crippen molar-refractivity contribution in [1.82, 2.24) is 24.6 Å². The lowest BCUT2D eigenvalue weighted by molar-refractivity contribution is 0.0426. The Morgan fingerprint density at radius 1 is 1.26 bits per heavy atom. The number of aromatic nitrogens is 3. The number of benzene rings is 1. The maximum absolute atomic E-state index is 12.5. The standard InChI is InChI=1S/C16H21N5O2/c1-13(19(2)16(22)20-7-9-23-10-8-20)14-3-5-15(6-4-14)21-12-17-11-18-21/h3-6,11-13H,7-10H2,1-2H3. The van der Waals surface area contributed by atoms with E-state index in [2.05, 4.69) is 10.1 Å². The van der Waals surface area contributed by atoms with Gasteiger partial charge in [-0.05, 0) is 24.6 Å². The first-order valence-electron chi connectivity index (χ1n) is 7.71. The molecule has 3 rings (SSSR count). The molecular weight excluding hydrogens is 294 g/mol. The third kappa shape index (κ3) is 3.34. The fourth-order valence-corrected chi connectivity index (χ4v) is 2.61. The number of urea groups is 1. The molecule has 1 unspecified atom stereocenters. The van der Waals surface area contributed by atoms with E-state index in [-0.39, 0.29) is 12.1 Å². The summed E-state index contributed by atoms with van der Waals surface area (Å²) in [5.74, 6) is 0. The average Bonchev–Trinajstić information content (AvgIpc) is 3.15. The van der Waals surface area contributed by atoms with Gasteiger partial charge in [-0.2, -0.15) is 5.10 Å². The summed E-state index contributed by atoms with van der Waals surface area (Å²) in [6.07, 6.45) is 3.16. The van der Waals surface area contributed by atoms with E-state index >= 15 is 0 Å². The molecular formula is C16H21N5O2. The molecule has 1 aliphatic heterocycles. The second-order valence-electron chi connectivity index (χ2n) is 5.60. The third-order valence-corrected chi connectivity index (χ3v) is 4.22. The van der Waals surface area contributed by atoms with Crippen molar-refractivity contribution in [3.05, 3.63) is 42.5 Å². The molecule has 0 saturated carbocycles. The minimum absolute atomic E-state index is 0.00450. The zero-order valence-electron chi connectivity index (χ0n) is 13.4. The molecule has 2 amide bonds. The first kappa shape index (κ1) is 15.5. The number of hydrogen-bond donors (Lipinski definition) is 0. The molecule has 0 bridgehead atoms. The van der Waals surface area contributed by atoms with Gasteiger partial charge in [0.15, 0.2) is 0 Å². The Bertz CT molecular complexity index is 635. The molecule has 1 aromatic carbocycles. The summed E-state index contributed by atoms with van der Waals surface area (Å²) in [4.78, 5) is 20.1. The minimum atomic E-state index is -0.00450. The fourth-order valence-electron chi connectivity index (χ4n) is 2.61. The number of carbonyl (C=O) groups is 1. The van der Waals surface area contributed by atoms with Gasteiger partial charge in [-0.1, -0.05) is 12.1 Å². The lowest BCUT2D eigenvalue weighted by atomic mass is 10.1.